The zero-order valence-corrected chi connectivity index (χ0v) is 70.0. The number of esters is 1. The first-order valence-corrected chi connectivity index (χ1v) is 40.0. The molecule has 13 atom stereocenters. The third-order valence-corrected chi connectivity index (χ3v) is 19.1. The number of primary amides is 1. The van der Waals surface area contributed by atoms with Crippen LogP contribution in [0.15, 0.2) is 54.7 Å². The molecule has 704 valence electrons. The van der Waals surface area contributed by atoms with Crippen molar-refractivity contribution in [2.75, 3.05) is 32.0 Å². The molecule has 2 heterocycles. The van der Waals surface area contributed by atoms with Gasteiger partial charge in [-0.3, -0.25) is 101 Å². The number of aliphatic carboxylic acids is 7. The Balaban J connectivity index is 0.00000298. The van der Waals surface area contributed by atoms with Gasteiger partial charge in [-0.15, -0.1) is 0 Å². The van der Waals surface area contributed by atoms with Gasteiger partial charge in [0, 0.05) is 47.6 Å². The number of aromatic amines is 1. The third kappa shape index (κ3) is 38.0. The number of carboxylic acids is 7. The quantitative estimate of drug-likeness (QED) is 0.0109. The Bertz CT molecular complexity index is 4520. The first-order chi connectivity index (χ1) is 60.1. The van der Waals surface area contributed by atoms with Crippen molar-refractivity contribution >= 4 is 153 Å². The number of aliphatic hydroxyl groups excluding tert-OH is 1. The summed E-state index contributed by atoms with van der Waals surface area (Å²) in [5.41, 5.74) is 15.3. The zero-order valence-electron chi connectivity index (χ0n) is 70.0. The minimum Gasteiger partial charge on any atom is -0.481 e. The Morgan fingerprint density at radius 3 is 1.60 bits per heavy atom. The van der Waals surface area contributed by atoms with Crippen LogP contribution in [0.4, 0.5) is 5.69 Å². The Morgan fingerprint density at radius 1 is 0.531 bits per heavy atom. The highest BCUT2D eigenvalue weighted by molar-refractivity contribution is 6.05. The number of cyclic esters (lactones) is 1. The molecule has 0 saturated carbocycles. The van der Waals surface area contributed by atoms with Crippen LogP contribution >= 0.6 is 0 Å². The molecule has 0 aliphatic carbocycles. The number of unbranched alkanes of at least 4 members (excludes halogenated alkanes) is 6. The van der Waals surface area contributed by atoms with Crippen LogP contribution in [0.25, 0.3) is 10.9 Å². The monoisotopic (exact) mass is 1810 g/mol. The average Bonchev–Trinajstić information content (AvgIpc) is 1.49. The van der Waals surface area contributed by atoms with E-state index in [0.717, 1.165) is 52.9 Å². The maximum atomic E-state index is 14.8. The van der Waals surface area contributed by atoms with Crippen LogP contribution < -0.4 is 86.3 Å². The lowest BCUT2D eigenvalue weighted by molar-refractivity contribution is -0.170. The van der Waals surface area contributed by atoms with Crippen molar-refractivity contribution < 1.29 is 161 Å². The maximum absolute atomic E-state index is 14.8. The van der Waals surface area contributed by atoms with E-state index in [9.17, 15) is 136 Å². The number of hydrogen-bond donors (Lipinski definition) is 26. The van der Waals surface area contributed by atoms with Gasteiger partial charge in [-0.2, -0.15) is 0 Å². The molecule has 2 aromatic carbocycles. The Hall–Kier alpha value is -14.3. The van der Waals surface area contributed by atoms with Crippen LogP contribution in [0, 0.1) is 5.92 Å². The van der Waals surface area contributed by atoms with Crippen molar-refractivity contribution in [3.8, 4) is 0 Å². The van der Waals surface area contributed by atoms with E-state index in [0.29, 0.717) is 29.3 Å². The predicted octanol–water partition coefficient (Wildman–Crippen LogP) is -6.87. The molecule has 0 unspecified atom stereocenters. The van der Waals surface area contributed by atoms with Gasteiger partial charge in [-0.1, -0.05) is 82.7 Å². The van der Waals surface area contributed by atoms with E-state index >= 15 is 0 Å². The molecular weight excluding hydrogens is 1700 g/mol. The summed E-state index contributed by atoms with van der Waals surface area (Å²) in [6.07, 6.45) is -4.62. The third-order valence-electron chi connectivity index (χ3n) is 19.1. The summed E-state index contributed by atoms with van der Waals surface area (Å²) < 4.78 is 5.68. The summed E-state index contributed by atoms with van der Waals surface area (Å²) in [5, 5.41) is 112. The molecule has 3 aromatic rings. The molecule has 50 heteroatoms. The molecule has 29 N–H and O–H groups in total. The number of nitrogen functional groups attached to an aromatic ring is 1. The van der Waals surface area contributed by atoms with Crippen LogP contribution in [0.1, 0.15) is 159 Å². The number of Topliss-reactive ketones (excluding diaryl/α,β-unsaturated/α-hetero) is 1. The number of hydrogen-bond acceptors (Lipinski definition) is 28. The molecule has 128 heavy (non-hydrogen) atoms. The second-order valence-corrected chi connectivity index (χ2v) is 29.7. The number of benzene rings is 2. The highest BCUT2D eigenvalue weighted by Gasteiger charge is 2.43. The molecule has 0 radical (unpaired) electrons. The molecule has 1 saturated heterocycles. The van der Waals surface area contributed by atoms with Gasteiger partial charge in [-0.05, 0) is 69.3 Å². The van der Waals surface area contributed by atoms with Crippen LogP contribution in [-0.2, 0) is 117 Å². The minimum absolute atomic E-state index is 0.0186. The topological polar surface area (TPSA) is 834 Å². The van der Waals surface area contributed by atoms with E-state index in [4.69, 9.17) is 42.4 Å². The number of fused-ring (bicyclic) bond motifs is 1. The standard InChI is InChI=1S/C72H101N17O26.C6H8O7/c1-5-6-7-8-9-10-11-22-53(93)81-44(25-38-31-76-42-20-15-13-17-39(38)42)66(108)84-45(27-52(75)92)67(109)86-48(30-59(102)103)68(110)89-61-37(4)115-72(114)49(26-51(91)40-18-12-14-19-41(40)74)87-71(113)60(35(2)24-56(96)97)88-69(111)50(34-90)82-55(95)32-77-63(105)46(28-57(98)99)83-62(104)36(3)79-65(107)47(29-58(100)101)85-64(106)43(21-16-23-73)80-54(94)33-78-70(61)112;7-3(8)1-6(13,5(11)12)2-4(9)10/h12-15,17-20,31,35-37,43-50,60-61,76,90H,5-11,16,21-30,32-34,73-74H2,1-4H3,(H2,75,92)(H,77,105)(H,78,112)(H,79,107)(H,80,94)(H,81,93)(H,82,95)(H,83,104)(H,84,108)(H,85,106)(H,86,109)(H,87,113)(H,88,111)(H,89,110)(H,96,97)(H,98,99)(H,100,101)(H,102,103);13H,1-2H2,(H,7,8)(H,9,10)(H,11,12)/t35-,36-,37-,43+,44+,45+,46+,47+,48+,49+,50-,60+,61+;/m1./s1. The fourth-order valence-electron chi connectivity index (χ4n) is 12.4. The second-order valence-electron chi connectivity index (χ2n) is 29.7. The fraction of sp³-hybridized carbons (Fsp3) is 0.526. The van der Waals surface area contributed by atoms with E-state index in [1.807, 2.05) is 16.0 Å². The van der Waals surface area contributed by atoms with Gasteiger partial charge in [0.05, 0.1) is 64.6 Å². The number of carboxylic acid groups (broad SMARTS) is 7. The normalized spacial score (nSPS) is 20.1. The van der Waals surface area contributed by atoms with Crippen molar-refractivity contribution in [3.63, 3.8) is 0 Å². The summed E-state index contributed by atoms with van der Waals surface area (Å²) in [4.78, 5) is 307. The summed E-state index contributed by atoms with van der Waals surface area (Å²) in [6.45, 7) is 1.11. The molecule has 1 aliphatic heterocycles. The van der Waals surface area contributed by atoms with Gasteiger partial charge in [0.15, 0.2) is 11.4 Å². The Kier molecular flexibility index (Phi) is 45.3. The summed E-state index contributed by atoms with van der Waals surface area (Å²) in [6, 6.07) is -10.5. The van der Waals surface area contributed by atoms with Crippen LogP contribution in [0.3, 0.4) is 0 Å². The summed E-state index contributed by atoms with van der Waals surface area (Å²) in [5.74, 6) is -34.8. The number of carbonyl (C=O) groups is 23. The van der Waals surface area contributed by atoms with E-state index < -0.39 is 298 Å². The summed E-state index contributed by atoms with van der Waals surface area (Å²) in [7, 11) is 0. The SMILES string of the molecule is CCCCCCCCCC(=O)N[C@@H](Cc1c[nH]c2ccccc12)C(=O)N[C@@H](CC(N)=O)C(=O)N[C@@H](CC(=O)O)C(=O)N[C@@H]1C(=O)NCC(=O)N[C@@H](CCCN)C(=O)N[C@@H](CC(=O)O)C(=O)N[C@H](C)C(=O)N[C@@H](CC(=O)O)C(=O)NCC(=O)N[C@H](CO)C(=O)N[C@@H]([C@H](C)CC(=O)O)C(=O)N[C@@H](CC(=O)c2ccccc2N)C(=O)O[C@@H]1C.O=C(O)CC(O)(CC(=O)O)C(=O)O. The maximum Gasteiger partial charge on any atom is 0.336 e. The lowest BCUT2D eigenvalue weighted by atomic mass is 9.96. The molecule has 1 aromatic heterocycles. The highest BCUT2D eigenvalue weighted by Crippen LogP contribution is 2.22. The van der Waals surface area contributed by atoms with Crippen molar-refractivity contribution in [1.82, 2.24) is 74.1 Å². The summed E-state index contributed by atoms with van der Waals surface area (Å²) >= 11 is 0. The number of nitrogens with two attached hydrogens (primary N) is 3. The van der Waals surface area contributed by atoms with Gasteiger partial charge in [0.1, 0.15) is 72.6 Å². The number of para-hydroxylation sites is 2. The van der Waals surface area contributed by atoms with Gasteiger partial charge >= 0.3 is 47.8 Å². The van der Waals surface area contributed by atoms with Gasteiger partial charge in [-0.25, -0.2) is 9.59 Å². The number of ether oxygens (including phenoxy) is 1. The molecule has 14 amide bonds. The molecule has 0 spiro atoms. The van der Waals surface area contributed by atoms with E-state index in [2.05, 4.69) is 65.1 Å². The Labute approximate surface area is 728 Å². The number of carbonyl (C=O) groups excluding carboxylic acids is 16. The fourth-order valence-corrected chi connectivity index (χ4v) is 12.4. The van der Waals surface area contributed by atoms with Crippen molar-refractivity contribution in [2.45, 2.75) is 228 Å². The van der Waals surface area contributed by atoms with E-state index in [1.165, 1.54) is 24.3 Å². The smallest absolute Gasteiger partial charge is 0.336 e. The lowest BCUT2D eigenvalue weighted by Crippen LogP contribution is -2.62. The number of H-pyrrole nitrogens is 1. The highest BCUT2D eigenvalue weighted by atomic mass is 16.5. The second kappa shape index (κ2) is 53.8. The predicted molar refractivity (Wildman–Crippen MR) is 437 cm³/mol. The van der Waals surface area contributed by atoms with Crippen LogP contribution in [0.5, 0.6) is 0 Å². The number of amides is 14. The molecule has 4 rings (SSSR count). The zero-order chi connectivity index (χ0) is 96.4. The van der Waals surface area contributed by atoms with Gasteiger partial charge in [0.2, 0.25) is 82.7 Å². The van der Waals surface area contributed by atoms with E-state index in [-0.39, 0.29) is 37.1 Å². The van der Waals surface area contributed by atoms with Crippen molar-refractivity contribution in [3.05, 3.63) is 65.9 Å². The minimum atomic E-state index is -2.74. The van der Waals surface area contributed by atoms with E-state index in [1.54, 1.807) is 30.5 Å². The first-order valence-electron chi connectivity index (χ1n) is 40.0. The number of anilines is 1. The van der Waals surface area contributed by atoms with Crippen molar-refractivity contribution in [1.29, 1.82) is 0 Å². The number of aromatic nitrogens is 1. The number of aliphatic hydroxyl groups is 2. The Morgan fingerprint density at radius 2 is 1.05 bits per heavy atom. The number of rotatable bonds is 40. The largest absolute Gasteiger partial charge is 0.481 e. The molecular formula is C78H109N17O33. The lowest BCUT2D eigenvalue weighted by Gasteiger charge is -2.30. The van der Waals surface area contributed by atoms with Crippen molar-refractivity contribution in [2.24, 2.45) is 17.4 Å². The van der Waals surface area contributed by atoms with Crippen LogP contribution in [-0.4, -0.2) is 292 Å². The molecule has 0 bridgehead atoms. The molecule has 1 aliphatic rings. The average molecular weight is 1810 g/mol. The van der Waals surface area contributed by atoms with Gasteiger partial charge < -0.3 is 142 Å². The number of ketones is 1. The molecule has 1 fully saturated rings. The van der Waals surface area contributed by atoms with Gasteiger partial charge in [0.25, 0.3) is 0 Å². The number of nitrogens with one attached hydrogen (secondary N) is 14. The van der Waals surface area contributed by atoms with Crippen LogP contribution in [0.2, 0.25) is 0 Å². The first kappa shape index (κ1) is 108. The molecule has 50 nitrogen and oxygen atoms in total.